The molecule has 3 N–H and O–H groups in total. The second kappa shape index (κ2) is 9.42. The first-order chi connectivity index (χ1) is 17.0. The minimum Gasteiger partial charge on any atom is -0.508 e. The summed E-state index contributed by atoms with van der Waals surface area (Å²) in [6.45, 7) is 0.459. The summed E-state index contributed by atoms with van der Waals surface area (Å²) in [5.41, 5.74) is 1.14. The predicted molar refractivity (Wildman–Crippen MR) is 128 cm³/mol. The molecule has 0 fully saturated rings. The number of phenolic OH excluding ortho intramolecular Hbond substituents is 1. The molecular formula is C27H23NO7. The fourth-order valence-electron chi connectivity index (χ4n) is 4.24. The first-order valence-electron chi connectivity index (χ1n) is 11.2. The smallest absolute Gasteiger partial charge is 0.343 e. The lowest BCUT2D eigenvalue weighted by molar-refractivity contribution is -0.121. The van der Waals surface area contributed by atoms with Crippen molar-refractivity contribution in [2.75, 3.05) is 13.3 Å². The Balaban J connectivity index is 1.44. The lowest BCUT2D eigenvalue weighted by Gasteiger charge is -2.19. The molecule has 0 spiro atoms. The van der Waals surface area contributed by atoms with Crippen molar-refractivity contribution in [2.45, 2.75) is 18.8 Å². The second-order valence-corrected chi connectivity index (χ2v) is 8.28. The summed E-state index contributed by atoms with van der Waals surface area (Å²) < 4.78 is 16.3. The van der Waals surface area contributed by atoms with Gasteiger partial charge in [-0.3, -0.25) is 4.79 Å². The molecule has 1 atom stereocenters. The van der Waals surface area contributed by atoms with E-state index in [1.165, 1.54) is 0 Å². The van der Waals surface area contributed by atoms with Crippen molar-refractivity contribution in [1.29, 1.82) is 0 Å². The van der Waals surface area contributed by atoms with Crippen molar-refractivity contribution < 1.29 is 28.9 Å². The van der Waals surface area contributed by atoms with Crippen LogP contribution in [0, 0.1) is 0 Å². The van der Waals surface area contributed by atoms with Crippen molar-refractivity contribution in [3.05, 3.63) is 93.8 Å². The molecule has 8 heteroatoms. The normalized spacial score (nSPS) is 13.0. The van der Waals surface area contributed by atoms with E-state index in [-0.39, 0.29) is 41.8 Å². The highest BCUT2D eigenvalue weighted by molar-refractivity contribution is 5.85. The highest BCUT2D eigenvalue weighted by atomic mass is 16.7. The molecule has 178 valence electrons. The Morgan fingerprint density at radius 1 is 0.971 bits per heavy atom. The molecule has 1 unspecified atom stereocenters. The van der Waals surface area contributed by atoms with Gasteiger partial charge in [0.1, 0.15) is 17.1 Å². The van der Waals surface area contributed by atoms with Crippen molar-refractivity contribution >= 4 is 16.9 Å². The molecule has 35 heavy (non-hydrogen) atoms. The van der Waals surface area contributed by atoms with Crippen molar-refractivity contribution in [3.8, 4) is 23.0 Å². The summed E-state index contributed by atoms with van der Waals surface area (Å²) in [6.07, 6.45) is 0.482. The molecule has 4 aromatic rings. The molecule has 1 aliphatic heterocycles. The van der Waals surface area contributed by atoms with Gasteiger partial charge in [-0.15, -0.1) is 0 Å². The fourth-order valence-corrected chi connectivity index (χ4v) is 4.24. The van der Waals surface area contributed by atoms with Gasteiger partial charge in [0, 0.05) is 18.9 Å². The number of carbonyl (C=O) groups is 1. The summed E-state index contributed by atoms with van der Waals surface area (Å²) >= 11 is 0. The minimum absolute atomic E-state index is 0.0104. The van der Waals surface area contributed by atoms with Gasteiger partial charge in [-0.25, -0.2) is 4.79 Å². The molecule has 1 aromatic heterocycles. The van der Waals surface area contributed by atoms with E-state index in [0.717, 1.165) is 5.56 Å². The van der Waals surface area contributed by atoms with E-state index in [0.29, 0.717) is 35.4 Å². The molecule has 0 bridgehead atoms. The molecule has 1 aliphatic rings. The third-order valence-electron chi connectivity index (χ3n) is 6.03. The van der Waals surface area contributed by atoms with Gasteiger partial charge in [-0.05, 0) is 53.9 Å². The van der Waals surface area contributed by atoms with Crippen molar-refractivity contribution in [1.82, 2.24) is 5.32 Å². The maximum absolute atomic E-state index is 13.0. The van der Waals surface area contributed by atoms with E-state index in [4.69, 9.17) is 13.9 Å². The Labute approximate surface area is 200 Å². The van der Waals surface area contributed by atoms with Crippen LogP contribution in [0.5, 0.6) is 23.0 Å². The van der Waals surface area contributed by atoms with Gasteiger partial charge in [0.2, 0.25) is 12.7 Å². The summed E-state index contributed by atoms with van der Waals surface area (Å²) in [6, 6.07) is 18.6. The van der Waals surface area contributed by atoms with Gasteiger partial charge in [0.25, 0.3) is 0 Å². The number of nitrogens with one attached hydrogen (secondary N) is 1. The molecule has 0 aliphatic carbocycles. The quantitative estimate of drug-likeness (QED) is 0.349. The van der Waals surface area contributed by atoms with Crippen LogP contribution in [0.25, 0.3) is 11.0 Å². The maximum Gasteiger partial charge on any atom is 0.343 e. The molecular weight excluding hydrogens is 450 g/mol. The van der Waals surface area contributed by atoms with Gasteiger partial charge in [-0.1, -0.05) is 30.3 Å². The van der Waals surface area contributed by atoms with Crippen LogP contribution in [0.15, 0.2) is 75.9 Å². The van der Waals surface area contributed by atoms with Crippen LogP contribution < -0.4 is 20.4 Å². The predicted octanol–water partition coefficient (Wildman–Crippen LogP) is 3.81. The Morgan fingerprint density at radius 3 is 2.57 bits per heavy atom. The lowest BCUT2D eigenvalue weighted by Crippen LogP contribution is -2.28. The maximum atomic E-state index is 13.0. The Hall–Kier alpha value is -4.46. The second-order valence-electron chi connectivity index (χ2n) is 8.28. The number of hydrogen-bond donors (Lipinski definition) is 3. The van der Waals surface area contributed by atoms with Crippen LogP contribution >= 0.6 is 0 Å². The third-order valence-corrected chi connectivity index (χ3v) is 6.03. The monoisotopic (exact) mass is 473 g/mol. The first kappa shape index (κ1) is 22.3. The Bertz CT molecular complexity index is 1440. The Kier molecular flexibility index (Phi) is 6.01. The minimum atomic E-state index is -0.779. The molecule has 3 aromatic carbocycles. The lowest BCUT2D eigenvalue weighted by atomic mass is 9.87. The zero-order valence-electron chi connectivity index (χ0n) is 18.7. The summed E-state index contributed by atoms with van der Waals surface area (Å²) in [5.74, 6) is -0.0299. The number of rotatable bonds is 7. The third kappa shape index (κ3) is 4.63. The van der Waals surface area contributed by atoms with Crippen molar-refractivity contribution in [3.63, 3.8) is 0 Å². The number of aromatic hydroxyl groups is 2. The number of phenols is 1. The number of amides is 1. The highest BCUT2D eigenvalue weighted by Gasteiger charge is 2.28. The Morgan fingerprint density at radius 2 is 1.74 bits per heavy atom. The molecule has 0 saturated carbocycles. The van der Waals surface area contributed by atoms with Crippen LogP contribution in [0.3, 0.4) is 0 Å². The van der Waals surface area contributed by atoms with Crippen LogP contribution in [0.1, 0.15) is 29.0 Å². The molecule has 2 heterocycles. The fraction of sp³-hybridized carbons (Fsp3) is 0.185. The highest BCUT2D eigenvalue weighted by Crippen LogP contribution is 2.40. The zero-order valence-corrected chi connectivity index (χ0v) is 18.7. The number of ether oxygens (including phenoxy) is 2. The number of fused-ring (bicyclic) bond motifs is 2. The van der Waals surface area contributed by atoms with Crippen molar-refractivity contribution in [2.24, 2.45) is 0 Å². The average Bonchev–Trinajstić information content (AvgIpc) is 3.33. The number of benzene rings is 3. The molecule has 0 saturated heterocycles. The van der Waals surface area contributed by atoms with Gasteiger partial charge in [0.05, 0.1) is 10.9 Å². The summed E-state index contributed by atoms with van der Waals surface area (Å²) in [4.78, 5) is 25.9. The molecule has 8 nitrogen and oxygen atoms in total. The van der Waals surface area contributed by atoms with E-state index in [1.54, 1.807) is 66.7 Å². The van der Waals surface area contributed by atoms with Gasteiger partial charge < -0.3 is 29.4 Å². The molecule has 1 amide bonds. The van der Waals surface area contributed by atoms with E-state index >= 15 is 0 Å². The molecule has 5 rings (SSSR count). The number of hydrogen-bond acceptors (Lipinski definition) is 7. The summed E-state index contributed by atoms with van der Waals surface area (Å²) in [7, 11) is 0. The SMILES string of the molecule is O=C(CC(c1ccc2c(c1)OCO2)c1c(O)c2ccccc2oc1=O)NCCc1ccc(O)cc1. The largest absolute Gasteiger partial charge is 0.508 e. The van der Waals surface area contributed by atoms with E-state index in [9.17, 15) is 19.8 Å². The van der Waals surface area contributed by atoms with Gasteiger partial charge in [0.15, 0.2) is 11.5 Å². The van der Waals surface area contributed by atoms with Crippen LogP contribution in [-0.4, -0.2) is 29.5 Å². The van der Waals surface area contributed by atoms with Gasteiger partial charge >= 0.3 is 5.63 Å². The van der Waals surface area contributed by atoms with E-state index in [1.807, 2.05) is 0 Å². The van der Waals surface area contributed by atoms with E-state index < -0.39 is 11.5 Å². The van der Waals surface area contributed by atoms with E-state index in [2.05, 4.69) is 5.32 Å². The number of carbonyl (C=O) groups excluding carboxylic acids is 1. The van der Waals surface area contributed by atoms with Crippen LogP contribution in [0.4, 0.5) is 0 Å². The van der Waals surface area contributed by atoms with Crippen LogP contribution in [-0.2, 0) is 11.2 Å². The van der Waals surface area contributed by atoms with Gasteiger partial charge in [-0.2, -0.15) is 0 Å². The topological polar surface area (TPSA) is 118 Å². The molecule has 0 radical (unpaired) electrons. The number of para-hydroxylation sites is 1. The first-order valence-corrected chi connectivity index (χ1v) is 11.2. The zero-order chi connectivity index (χ0) is 24.4. The van der Waals surface area contributed by atoms with Crippen LogP contribution in [0.2, 0.25) is 0 Å². The summed E-state index contributed by atoms with van der Waals surface area (Å²) in [5, 5.41) is 23.7. The average molecular weight is 473 g/mol. The standard InChI is InChI=1S/C27H23NO7/c29-18-8-5-16(6-9-18)11-12-28-24(30)14-20(17-7-10-22-23(13-17)34-15-33-22)25-26(31)19-3-1-2-4-21(19)35-27(25)32/h1-10,13,20,29,31H,11-12,14-15H2,(H,28,30).